The van der Waals surface area contributed by atoms with Gasteiger partial charge in [-0.05, 0) is 63.6 Å². The Hall–Kier alpha value is -4.24. The van der Waals surface area contributed by atoms with Crippen LogP contribution in [0.15, 0.2) is 75.7 Å². The van der Waals surface area contributed by atoms with E-state index in [2.05, 4.69) is 10.4 Å². The molecule has 194 valence electrons. The van der Waals surface area contributed by atoms with E-state index in [4.69, 9.17) is 9.73 Å². The fourth-order valence-corrected chi connectivity index (χ4v) is 5.82. The number of rotatable bonds is 6. The van der Waals surface area contributed by atoms with Crippen LogP contribution < -0.4 is 24.9 Å². The third-order valence-corrected chi connectivity index (χ3v) is 7.72. The molecule has 1 unspecified atom stereocenters. The fourth-order valence-electron chi connectivity index (χ4n) is 4.79. The first kappa shape index (κ1) is 25.4. The van der Waals surface area contributed by atoms with Gasteiger partial charge in [-0.1, -0.05) is 41.7 Å². The summed E-state index contributed by atoms with van der Waals surface area (Å²) in [6.45, 7) is 8.54. The highest BCUT2D eigenvalue weighted by Gasteiger charge is 2.32. The summed E-state index contributed by atoms with van der Waals surface area (Å²) in [5.41, 5.74) is 5.04. The third kappa shape index (κ3) is 4.50. The largest absolute Gasteiger partial charge is 0.497 e. The Balaban J connectivity index is 1.69. The van der Waals surface area contributed by atoms with Gasteiger partial charge in [-0.2, -0.15) is 5.10 Å². The topological polar surface area (TPSA) is 90.5 Å². The van der Waals surface area contributed by atoms with Crippen LogP contribution >= 0.6 is 11.3 Å². The summed E-state index contributed by atoms with van der Waals surface area (Å²) >= 11 is 1.32. The lowest BCUT2D eigenvalue weighted by atomic mass is 9.95. The molecule has 0 bridgehead atoms. The Morgan fingerprint density at radius 2 is 1.82 bits per heavy atom. The van der Waals surface area contributed by atoms with Crippen molar-refractivity contribution in [2.75, 3.05) is 12.4 Å². The molecule has 0 saturated carbocycles. The summed E-state index contributed by atoms with van der Waals surface area (Å²) in [7, 11) is 1.60. The molecule has 2 aromatic carbocycles. The Morgan fingerprint density at radius 1 is 1.11 bits per heavy atom. The highest BCUT2D eigenvalue weighted by molar-refractivity contribution is 7.07. The SMILES string of the molecule is CCn1nc(C)c(/C=c2\sc3n(c2=O)C(c2ccc(OC)cc2)C(C(=O)Nc2ccccc2)=C(C)N=3)c1C. The van der Waals surface area contributed by atoms with Crippen LogP contribution in [0.5, 0.6) is 5.75 Å². The molecule has 2 aromatic heterocycles. The number of benzene rings is 2. The molecule has 38 heavy (non-hydrogen) atoms. The van der Waals surface area contributed by atoms with E-state index in [1.807, 2.05) is 93.1 Å². The number of carbonyl (C=O) groups excluding carboxylic acids is 1. The number of allylic oxidation sites excluding steroid dienone is 1. The number of nitrogens with one attached hydrogen (secondary N) is 1. The summed E-state index contributed by atoms with van der Waals surface area (Å²) in [4.78, 5) is 32.9. The van der Waals surface area contributed by atoms with Crippen LogP contribution in [0.25, 0.3) is 6.08 Å². The van der Waals surface area contributed by atoms with Crippen molar-refractivity contribution in [2.24, 2.45) is 4.99 Å². The number of ether oxygens (including phenoxy) is 1. The van der Waals surface area contributed by atoms with Crippen molar-refractivity contribution in [3.63, 3.8) is 0 Å². The minimum Gasteiger partial charge on any atom is -0.497 e. The molecule has 1 amide bonds. The maximum atomic E-state index is 13.9. The van der Waals surface area contributed by atoms with Gasteiger partial charge in [0.15, 0.2) is 4.80 Å². The van der Waals surface area contributed by atoms with Gasteiger partial charge < -0.3 is 10.1 Å². The Kier molecular flexibility index (Phi) is 6.86. The van der Waals surface area contributed by atoms with E-state index in [0.29, 0.717) is 32.0 Å². The molecule has 0 radical (unpaired) electrons. The smallest absolute Gasteiger partial charge is 0.271 e. The maximum Gasteiger partial charge on any atom is 0.271 e. The first-order valence-electron chi connectivity index (χ1n) is 12.4. The molecular formula is C29H29N5O3S. The maximum absolute atomic E-state index is 13.9. The number of amides is 1. The van der Waals surface area contributed by atoms with Gasteiger partial charge in [0.2, 0.25) is 0 Å². The lowest BCUT2D eigenvalue weighted by molar-refractivity contribution is -0.113. The van der Waals surface area contributed by atoms with Crippen LogP contribution in [0.2, 0.25) is 0 Å². The zero-order valence-electron chi connectivity index (χ0n) is 22.0. The molecule has 1 aliphatic heterocycles. The summed E-state index contributed by atoms with van der Waals surface area (Å²) < 4.78 is 9.43. The van der Waals surface area contributed by atoms with E-state index >= 15 is 0 Å². The Bertz CT molecular complexity index is 1730. The third-order valence-electron chi connectivity index (χ3n) is 6.74. The second-order valence-electron chi connectivity index (χ2n) is 9.08. The highest BCUT2D eigenvalue weighted by Crippen LogP contribution is 2.31. The van der Waals surface area contributed by atoms with Crippen LogP contribution in [0, 0.1) is 13.8 Å². The molecule has 8 nitrogen and oxygen atoms in total. The van der Waals surface area contributed by atoms with Crippen molar-refractivity contribution in [3.8, 4) is 5.75 Å². The number of thiazole rings is 1. The average Bonchev–Trinajstić information content (AvgIpc) is 3.38. The normalized spacial score (nSPS) is 15.3. The predicted molar refractivity (Wildman–Crippen MR) is 149 cm³/mol. The van der Waals surface area contributed by atoms with Crippen molar-refractivity contribution < 1.29 is 9.53 Å². The van der Waals surface area contributed by atoms with Gasteiger partial charge in [-0.3, -0.25) is 18.8 Å². The van der Waals surface area contributed by atoms with E-state index in [-0.39, 0.29) is 11.5 Å². The standard InChI is InChI=1S/C29H29N5O3S/c1-6-33-19(4)23(17(2)32-33)16-24-28(36)34-26(20-12-14-22(37-5)15-13-20)25(18(3)30-29(34)38-24)27(35)31-21-10-8-7-9-11-21/h7-16,26H,6H2,1-5H3,(H,31,35)/b24-16-. The van der Waals surface area contributed by atoms with Crippen molar-refractivity contribution in [1.82, 2.24) is 14.3 Å². The van der Waals surface area contributed by atoms with E-state index in [1.165, 1.54) is 11.3 Å². The van der Waals surface area contributed by atoms with Crippen molar-refractivity contribution >= 4 is 29.0 Å². The number of hydrogen-bond acceptors (Lipinski definition) is 6. The molecule has 0 spiro atoms. The van der Waals surface area contributed by atoms with Crippen molar-refractivity contribution in [2.45, 2.75) is 40.3 Å². The summed E-state index contributed by atoms with van der Waals surface area (Å²) in [6, 6.07) is 16.0. The van der Waals surface area contributed by atoms with E-state index in [1.54, 1.807) is 11.7 Å². The molecule has 1 atom stereocenters. The lowest BCUT2D eigenvalue weighted by Crippen LogP contribution is -2.40. The molecule has 1 aliphatic rings. The molecule has 0 aliphatic carbocycles. The molecule has 4 aromatic rings. The highest BCUT2D eigenvalue weighted by atomic mass is 32.1. The number of carbonyl (C=O) groups is 1. The molecule has 9 heteroatoms. The number of hydrogen-bond donors (Lipinski definition) is 1. The zero-order valence-corrected chi connectivity index (χ0v) is 22.8. The number of aromatic nitrogens is 3. The van der Waals surface area contributed by atoms with E-state index < -0.39 is 6.04 Å². The quantitative estimate of drug-likeness (QED) is 0.414. The Labute approximate surface area is 224 Å². The van der Waals surface area contributed by atoms with Crippen molar-refractivity contribution in [1.29, 1.82) is 0 Å². The van der Waals surface area contributed by atoms with Crippen LogP contribution in [-0.4, -0.2) is 27.4 Å². The molecule has 3 heterocycles. The minimum atomic E-state index is -0.649. The molecule has 0 saturated heterocycles. The monoisotopic (exact) mass is 527 g/mol. The van der Waals surface area contributed by atoms with Crippen LogP contribution in [0.3, 0.4) is 0 Å². The average molecular weight is 528 g/mol. The number of methoxy groups -OCH3 is 1. The van der Waals surface area contributed by atoms with Gasteiger partial charge in [0.25, 0.3) is 11.5 Å². The zero-order chi connectivity index (χ0) is 27.0. The van der Waals surface area contributed by atoms with Crippen molar-refractivity contribution in [3.05, 3.63) is 108 Å². The molecule has 1 N–H and O–H groups in total. The van der Waals surface area contributed by atoms with Gasteiger partial charge in [0, 0.05) is 23.5 Å². The minimum absolute atomic E-state index is 0.199. The van der Waals surface area contributed by atoms with E-state index in [9.17, 15) is 9.59 Å². The first-order valence-corrected chi connectivity index (χ1v) is 13.2. The lowest BCUT2D eigenvalue weighted by Gasteiger charge is -2.25. The number of nitrogens with zero attached hydrogens (tertiary/aromatic N) is 4. The summed E-state index contributed by atoms with van der Waals surface area (Å²) in [6.07, 6.45) is 1.89. The van der Waals surface area contributed by atoms with Gasteiger partial charge in [-0.15, -0.1) is 0 Å². The van der Waals surface area contributed by atoms with Gasteiger partial charge >= 0.3 is 0 Å². The summed E-state index contributed by atoms with van der Waals surface area (Å²) in [5.74, 6) is 0.388. The van der Waals surface area contributed by atoms with E-state index in [0.717, 1.165) is 29.1 Å². The molecule has 5 rings (SSSR count). The van der Waals surface area contributed by atoms with Crippen LogP contribution in [0.4, 0.5) is 5.69 Å². The van der Waals surface area contributed by atoms with Gasteiger partial charge in [0.05, 0.1) is 34.6 Å². The first-order chi connectivity index (χ1) is 18.3. The second kappa shape index (κ2) is 10.3. The molecular weight excluding hydrogens is 498 g/mol. The number of anilines is 1. The predicted octanol–water partition coefficient (Wildman–Crippen LogP) is 3.72. The number of para-hydroxylation sites is 1. The number of fused-ring (bicyclic) bond motifs is 1. The number of aryl methyl sites for hydroxylation is 2. The Morgan fingerprint density at radius 3 is 2.45 bits per heavy atom. The summed E-state index contributed by atoms with van der Waals surface area (Å²) in [5, 5.41) is 7.56. The van der Waals surface area contributed by atoms with Gasteiger partial charge in [-0.25, -0.2) is 4.99 Å². The van der Waals surface area contributed by atoms with Crippen LogP contribution in [-0.2, 0) is 11.3 Å². The second-order valence-corrected chi connectivity index (χ2v) is 10.1. The fraction of sp³-hybridized carbons (Fsp3) is 0.241. The van der Waals surface area contributed by atoms with Gasteiger partial charge in [0.1, 0.15) is 5.75 Å². The van der Waals surface area contributed by atoms with Crippen LogP contribution in [0.1, 0.15) is 42.4 Å². The molecule has 0 fully saturated rings.